The predicted molar refractivity (Wildman–Crippen MR) is 86.1 cm³/mol. The van der Waals surface area contributed by atoms with Crippen LogP contribution in [0.3, 0.4) is 0 Å². The third-order valence-electron chi connectivity index (χ3n) is 3.51. The van der Waals surface area contributed by atoms with Crippen molar-refractivity contribution in [3.63, 3.8) is 0 Å². The van der Waals surface area contributed by atoms with Gasteiger partial charge in [0.15, 0.2) is 0 Å². The van der Waals surface area contributed by atoms with Crippen molar-refractivity contribution >= 4 is 27.5 Å². The van der Waals surface area contributed by atoms with Gasteiger partial charge in [-0.25, -0.2) is 0 Å². The number of carbonyl (C=O) groups is 1. The maximum absolute atomic E-state index is 12.1. The molecule has 0 spiro atoms. The van der Waals surface area contributed by atoms with Crippen molar-refractivity contribution in [2.75, 3.05) is 12.8 Å². The maximum Gasteiger partial charge on any atom is 0.255 e. The van der Waals surface area contributed by atoms with Crippen LogP contribution in [0.25, 0.3) is 10.8 Å². The lowest BCUT2D eigenvalue weighted by Crippen LogP contribution is -2.27. The first-order valence-corrected chi connectivity index (χ1v) is 8.43. The Morgan fingerprint density at radius 1 is 1.29 bits per heavy atom. The van der Waals surface area contributed by atoms with Gasteiger partial charge in [-0.05, 0) is 29.3 Å². The molecule has 0 bridgehead atoms. The highest BCUT2D eigenvalue weighted by molar-refractivity contribution is 7.84. The molecule has 2 N–H and O–H groups in total. The topological polar surface area (TPSA) is 66.4 Å². The number of amides is 1. The molecule has 2 rings (SSSR count). The summed E-state index contributed by atoms with van der Waals surface area (Å²) >= 11 is 0. The Balaban J connectivity index is 2.09. The third kappa shape index (κ3) is 3.82. The van der Waals surface area contributed by atoms with Crippen LogP contribution in [0.15, 0.2) is 36.4 Å². The van der Waals surface area contributed by atoms with Crippen molar-refractivity contribution in [3.05, 3.63) is 42.0 Å². The summed E-state index contributed by atoms with van der Waals surface area (Å²) in [5.41, 5.74) is 0.263. The van der Waals surface area contributed by atoms with Crippen LogP contribution in [-0.2, 0) is 10.8 Å². The van der Waals surface area contributed by atoms with E-state index >= 15 is 0 Å². The average Bonchev–Trinajstić information content (AvgIpc) is 2.46. The fourth-order valence-electron chi connectivity index (χ4n) is 2.06. The highest BCUT2D eigenvalue weighted by Crippen LogP contribution is 2.24. The van der Waals surface area contributed by atoms with Crippen molar-refractivity contribution in [2.45, 2.75) is 18.6 Å². The average molecular weight is 305 g/mol. The van der Waals surface area contributed by atoms with Crippen molar-refractivity contribution < 1.29 is 14.1 Å². The Kier molecular flexibility index (Phi) is 4.96. The summed E-state index contributed by atoms with van der Waals surface area (Å²) in [7, 11) is -0.893. The second-order valence-corrected chi connectivity index (χ2v) is 6.87. The molecule has 0 aromatic heterocycles. The van der Waals surface area contributed by atoms with Gasteiger partial charge in [0.05, 0.1) is 5.56 Å². The largest absolute Gasteiger partial charge is 0.507 e. The number of fused-ring (bicyclic) bond motifs is 1. The van der Waals surface area contributed by atoms with Crippen molar-refractivity contribution in [1.29, 1.82) is 0 Å². The summed E-state index contributed by atoms with van der Waals surface area (Å²) < 4.78 is 11.2. The first-order valence-electron chi connectivity index (χ1n) is 6.81. The van der Waals surface area contributed by atoms with Gasteiger partial charge in [-0.15, -0.1) is 0 Å². The lowest BCUT2D eigenvalue weighted by molar-refractivity contribution is 0.0951. The minimum Gasteiger partial charge on any atom is -0.507 e. The molecule has 0 radical (unpaired) electrons. The van der Waals surface area contributed by atoms with E-state index < -0.39 is 10.8 Å². The first kappa shape index (κ1) is 15.5. The summed E-state index contributed by atoms with van der Waals surface area (Å²) in [4.78, 5) is 12.1. The van der Waals surface area contributed by atoms with E-state index in [1.54, 1.807) is 18.4 Å². The number of aromatic hydroxyl groups is 1. The molecular weight excluding hydrogens is 286 g/mol. The number of hydrogen-bond donors (Lipinski definition) is 2. The van der Waals surface area contributed by atoms with Gasteiger partial charge in [-0.1, -0.05) is 31.2 Å². The normalized spacial score (nSPS) is 13.8. The highest BCUT2D eigenvalue weighted by atomic mass is 32.2. The van der Waals surface area contributed by atoms with Crippen LogP contribution in [-0.4, -0.2) is 33.3 Å². The minimum atomic E-state index is -0.893. The third-order valence-corrected chi connectivity index (χ3v) is 4.88. The van der Waals surface area contributed by atoms with Crippen LogP contribution in [0, 0.1) is 0 Å². The molecule has 0 fully saturated rings. The Bertz CT molecular complexity index is 684. The Labute approximate surface area is 126 Å². The molecule has 4 nitrogen and oxygen atoms in total. The fraction of sp³-hybridized carbons (Fsp3) is 0.312. The predicted octanol–water partition coefficient (Wildman–Crippen LogP) is 2.43. The summed E-state index contributed by atoms with van der Waals surface area (Å²) in [6, 6.07) is 10.8. The summed E-state index contributed by atoms with van der Waals surface area (Å²) in [5, 5.41) is 14.6. The standard InChI is InChI=1S/C16H19NO3S/c1-11(21(2)20)7-8-17-16(19)14-9-12-5-3-4-6-13(12)10-15(14)18/h3-6,9-11,18H,7-8H2,1-2H3,(H,17,19)/t11-,21-/m1/s1. The Morgan fingerprint density at radius 2 is 1.90 bits per heavy atom. The molecule has 0 saturated heterocycles. The SMILES string of the molecule is C[C@H](CCNC(=O)c1cc2ccccc2cc1O)[S@@](C)=O. The number of phenolic OH excluding ortho intramolecular Hbond substituents is 1. The van der Waals surface area contributed by atoms with E-state index in [-0.39, 0.29) is 22.5 Å². The van der Waals surface area contributed by atoms with E-state index in [0.29, 0.717) is 13.0 Å². The van der Waals surface area contributed by atoms with Gasteiger partial charge in [-0.3, -0.25) is 9.00 Å². The number of carbonyl (C=O) groups excluding carboxylic acids is 1. The Hall–Kier alpha value is -1.88. The lowest BCUT2D eigenvalue weighted by atomic mass is 10.1. The summed E-state index contributed by atoms with van der Waals surface area (Å²) in [6.07, 6.45) is 2.30. The zero-order valence-corrected chi connectivity index (χ0v) is 12.9. The van der Waals surface area contributed by atoms with Crippen LogP contribution in [0.1, 0.15) is 23.7 Å². The minimum absolute atomic E-state index is 0.0293. The highest BCUT2D eigenvalue weighted by Gasteiger charge is 2.13. The smallest absolute Gasteiger partial charge is 0.255 e. The van der Waals surface area contributed by atoms with Crippen LogP contribution in [0.2, 0.25) is 0 Å². The van der Waals surface area contributed by atoms with Gasteiger partial charge in [0, 0.05) is 28.9 Å². The molecule has 112 valence electrons. The molecule has 21 heavy (non-hydrogen) atoms. The second-order valence-electron chi connectivity index (χ2n) is 5.07. The molecule has 0 unspecified atom stereocenters. The molecule has 2 aromatic rings. The van der Waals surface area contributed by atoms with Crippen molar-refractivity contribution in [2.24, 2.45) is 0 Å². The van der Waals surface area contributed by atoms with E-state index in [1.165, 1.54) is 0 Å². The second kappa shape index (κ2) is 6.72. The number of rotatable bonds is 5. The fourth-order valence-corrected chi connectivity index (χ4v) is 2.51. The monoisotopic (exact) mass is 305 g/mol. The van der Waals surface area contributed by atoms with E-state index in [9.17, 15) is 14.1 Å². The quantitative estimate of drug-likeness (QED) is 0.891. The van der Waals surface area contributed by atoms with Crippen molar-refractivity contribution in [3.8, 4) is 5.75 Å². The van der Waals surface area contributed by atoms with E-state index in [0.717, 1.165) is 10.8 Å². The van der Waals surface area contributed by atoms with E-state index in [1.807, 2.05) is 31.2 Å². The van der Waals surface area contributed by atoms with Gasteiger partial charge >= 0.3 is 0 Å². The zero-order chi connectivity index (χ0) is 15.4. The molecule has 0 saturated carbocycles. The molecule has 5 heteroatoms. The molecular formula is C16H19NO3S. The van der Waals surface area contributed by atoms with Crippen molar-refractivity contribution in [1.82, 2.24) is 5.32 Å². The molecule has 0 heterocycles. The first-order chi connectivity index (χ1) is 9.99. The summed E-state index contributed by atoms with van der Waals surface area (Å²) in [5.74, 6) is -0.342. The van der Waals surface area contributed by atoms with Crippen LogP contribution in [0.5, 0.6) is 5.75 Å². The van der Waals surface area contributed by atoms with Gasteiger partial charge in [0.1, 0.15) is 5.75 Å². The van der Waals surface area contributed by atoms with Gasteiger partial charge in [0.25, 0.3) is 5.91 Å². The number of hydrogen-bond acceptors (Lipinski definition) is 3. The van der Waals surface area contributed by atoms with E-state index in [2.05, 4.69) is 5.32 Å². The molecule has 0 aliphatic carbocycles. The number of phenols is 1. The van der Waals surface area contributed by atoms with E-state index in [4.69, 9.17) is 0 Å². The molecule has 2 aromatic carbocycles. The number of benzene rings is 2. The van der Waals surface area contributed by atoms with Gasteiger partial charge < -0.3 is 10.4 Å². The number of nitrogens with one attached hydrogen (secondary N) is 1. The van der Waals surface area contributed by atoms with Gasteiger partial charge in [0.2, 0.25) is 0 Å². The molecule has 2 atom stereocenters. The molecule has 1 amide bonds. The maximum atomic E-state index is 12.1. The van der Waals surface area contributed by atoms with Crippen LogP contribution in [0.4, 0.5) is 0 Å². The van der Waals surface area contributed by atoms with Crippen LogP contribution >= 0.6 is 0 Å². The van der Waals surface area contributed by atoms with Crippen LogP contribution < -0.4 is 5.32 Å². The summed E-state index contributed by atoms with van der Waals surface area (Å²) in [6.45, 7) is 2.32. The zero-order valence-electron chi connectivity index (χ0n) is 12.1. The van der Waals surface area contributed by atoms with Gasteiger partial charge in [-0.2, -0.15) is 0 Å². The Morgan fingerprint density at radius 3 is 2.52 bits per heavy atom. The molecule has 0 aliphatic heterocycles. The molecule has 0 aliphatic rings. The lowest BCUT2D eigenvalue weighted by Gasteiger charge is -2.11.